The summed E-state index contributed by atoms with van der Waals surface area (Å²) in [5.74, 6) is -1.33. The van der Waals surface area contributed by atoms with Gasteiger partial charge in [-0.1, -0.05) is 60.8 Å². The maximum absolute atomic E-state index is 13.5. The molecule has 0 radical (unpaired) electrons. The van der Waals surface area contributed by atoms with E-state index in [1.54, 1.807) is 12.1 Å². The first kappa shape index (κ1) is 23.7. The van der Waals surface area contributed by atoms with Crippen LogP contribution in [0.1, 0.15) is 62.5 Å². The van der Waals surface area contributed by atoms with Crippen molar-refractivity contribution in [1.29, 1.82) is 0 Å². The summed E-state index contributed by atoms with van der Waals surface area (Å²) >= 11 is 12.2. The Morgan fingerprint density at radius 1 is 1.00 bits per heavy atom. The van der Waals surface area contributed by atoms with Crippen LogP contribution in [0.5, 0.6) is 0 Å². The van der Waals surface area contributed by atoms with Gasteiger partial charge in [0.05, 0.1) is 6.61 Å². The summed E-state index contributed by atoms with van der Waals surface area (Å²) in [7, 11) is 0. The van der Waals surface area contributed by atoms with Crippen LogP contribution in [0, 0.1) is 5.92 Å². The van der Waals surface area contributed by atoms with E-state index in [2.05, 4.69) is 0 Å². The highest BCUT2D eigenvalue weighted by atomic mass is 35.5. The molecule has 0 bridgehead atoms. The lowest BCUT2D eigenvalue weighted by Crippen LogP contribution is -2.38. The van der Waals surface area contributed by atoms with Crippen LogP contribution in [0.15, 0.2) is 64.8 Å². The normalized spacial score (nSPS) is 22.6. The second-order valence-corrected chi connectivity index (χ2v) is 9.59. The molecule has 33 heavy (non-hydrogen) atoms. The van der Waals surface area contributed by atoms with Crippen molar-refractivity contribution in [2.75, 3.05) is 6.61 Å². The standard InChI is InChI=1S/C27H27Cl2NO3/c1-3-4-13-33-27(32)24-16(2)30-22-14-19(17-5-9-20(28)10-6-17)15-23(31)26(22)25(24)18-7-11-21(29)12-8-18/h5-12,19,24-25H,3-4,13-15H2,1-2H3. The monoisotopic (exact) mass is 483 g/mol. The molecule has 4 rings (SSSR count). The van der Waals surface area contributed by atoms with Crippen LogP contribution in [0.3, 0.4) is 0 Å². The first-order valence-corrected chi connectivity index (χ1v) is 12.1. The number of hydrogen-bond donors (Lipinski definition) is 0. The molecule has 0 N–H and O–H groups in total. The number of nitrogens with zero attached hydrogens (tertiary/aromatic N) is 1. The molecule has 1 heterocycles. The lowest BCUT2D eigenvalue weighted by atomic mass is 9.69. The van der Waals surface area contributed by atoms with Crippen LogP contribution in [0.4, 0.5) is 0 Å². The van der Waals surface area contributed by atoms with E-state index >= 15 is 0 Å². The molecule has 0 saturated carbocycles. The van der Waals surface area contributed by atoms with Gasteiger partial charge in [0.1, 0.15) is 5.92 Å². The zero-order chi connectivity index (χ0) is 23.5. The predicted octanol–water partition coefficient (Wildman–Crippen LogP) is 6.91. The van der Waals surface area contributed by atoms with Crippen molar-refractivity contribution in [3.05, 3.63) is 81.0 Å². The fourth-order valence-corrected chi connectivity index (χ4v) is 5.02. The van der Waals surface area contributed by atoms with Crippen molar-refractivity contribution in [1.82, 2.24) is 0 Å². The average molecular weight is 484 g/mol. The van der Waals surface area contributed by atoms with Gasteiger partial charge < -0.3 is 4.74 Å². The number of ether oxygens (including phenoxy) is 1. The Morgan fingerprint density at radius 3 is 2.21 bits per heavy atom. The highest BCUT2D eigenvalue weighted by Gasteiger charge is 2.44. The van der Waals surface area contributed by atoms with Gasteiger partial charge in [-0.2, -0.15) is 0 Å². The summed E-state index contributed by atoms with van der Waals surface area (Å²) in [6, 6.07) is 15.0. The summed E-state index contributed by atoms with van der Waals surface area (Å²) in [4.78, 5) is 31.5. The van der Waals surface area contributed by atoms with E-state index < -0.39 is 11.8 Å². The van der Waals surface area contributed by atoms with Gasteiger partial charge in [-0.25, -0.2) is 0 Å². The lowest BCUT2D eigenvalue weighted by molar-refractivity contribution is -0.146. The van der Waals surface area contributed by atoms with Crippen LogP contribution in [-0.2, 0) is 14.3 Å². The zero-order valence-corrected chi connectivity index (χ0v) is 20.3. The second-order valence-electron chi connectivity index (χ2n) is 8.72. The minimum absolute atomic E-state index is 0.0266. The first-order valence-electron chi connectivity index (χ1n) is 11.4. The third-order valence-electron chi connectivity index (χ3n) is 6.46. The van der Waals surface area contributed by atoms with E-state index in [-0.39, 0.29) is 17.7 Å². The number of rotatable bonds is 6. The smallest absolute Gasteiger partial charge is 0.315 e. The number of allylic oxidation sites excluding steroid dienone is 2. The molecule has 2 aromatic carbocycles. The Labute approximate surface area is 204 Å². The molecule has 4 nitrogen and oxygen atoms in total. The minimum atomic E-state index is -0.627. The number of halogens is 2. The van der Waals surface area contributed by atoms with Gasteiger partial charge in [0.15, 0.2) is 5.78 Å². The molecule has 1 aliphatic heterocycles. The largest absolute Gasteiger partial charge is 0.465 e. The number of carbonyl (C=O) groups is 2. The Morgan fingerprint density at radius 2 is 1.61 bits per heavy atom. The number of esters is 1. The van der Waals surface area contributed by atoms with Gasteiger partial charge in [-0.3, -0.25) is 14.6 Å². The molecular formula is C27H27Cl2NO3. The molecule has 2 aliphatic rings. The van der Waals surface area contributed by atoms with Crippen LogP contribution in [-0.4, -0.2) is 24.1 Å². The lowest BCUT2D eigenvalue weighted by Gasteiger charge is -2.36. The van der Waals surface area contributed by atoms with Crippen LogP contribution < -0.4 is 0 Å². The van der Waals surface area contributed by atoms with Crippen molar-refractivity contribution in [2.45, 2.75) is 51.4 Å². The number of unbranched alkanes of at least 4 members (excludes halogenated alkanes) is 1. The summed E-state index contributed by atoms with van der Waals surface area (Å²) in [6.07, 6.45) is 2.75. The van der Waals surface area contributed by atoms with E-state index in [4.69, 9.17) is 32.9 Å². The molecule has 0 spiro atoms. The number of Topliss-reactive ketones (excluding diaryl/α,β-unsaturated/α-hetero) is 1. The molecule has 0 aromatic heterocycles. The number of benzene rings is 2. The summed E-state index contributed by atoms with van der Waals surface area (Å²) in [5.41, 5.74) is 4.01. The molecule has 3 atom stereocenters. The van der Waals surface area contributed by atoms with E-state index in [1.807, 2.05) is 50.2 Å². The molecular weight excluding hydrogens is 457 g/mol. The highest BCUT2D eigenvalue weighted by molar-refractivity contribution is 6.30. The maximum Gasteiger partial charge on any atom is 0.315 e. The molecule has 0 saturated heterocycles. The SMILES string of the molecule is CCCCOC(=O)C1C(C)=NC2=C(C(=O)CC(c3ccc(Cl)cc3)C2)C1c1ccc(Cl)cc1. The Bertz CT molecular complexity index is 1100. The summed E-state index contributed by atoms with van der Waals surface area (Å²) < 4.78 is 5.59. The third-order valence-corrected chi connectivity index (χ3v) is 6.96. The fraction of sp³-hybridized carbons (Fsp3) is 0.370. The van der Waals surface area contributed by atoms with E-state index in [9.17, 15) is 9.59 Å². The van der Waals surface area contributed by atoms with E-state index in [0.717, 1.165) is 29.7 Å². The molecule has 2 aromatic rings. The van der Waals surface area contributed by atoms with Gasteiger partial charge in [-0.15, -0.1) is 0 Å². The highest BCUT2D eigenvalue weighted by Crippen LogP contribution is 2.47. The Kier molecular flexibility index (Phi) is 7.35. The van der Waals surface area contributed by atoms with E-state index in [1.165, 1.54) is 0 Å². The van der Waals surface area contributed by atoms with Crippen LogP contribution in [0.2, 0.25) is 10.0 Å². The minimum Gasteiger partial charge on any atom is -0.465 e. The zero-order valence-electron chi connectivity index (χ0n) is 18.8. The second kappa shape index (κ2) is 10.2. The van der Waals surface area contributed by atoms with Crippen molar-refractivity contribution in [3.63, 3.8) is 0 Å². The molecule has 6 heteroatoms. The number of carbonyl (C=O) groups excluding carboxylic acids is 2. The van der Waals surface area contributed by atoms with Crippen molar-refractivity contribution >= 4 is 40.7 Å². The molecule has 0 fully saturated rings. The maximum atomic E-state index is 13.5. The van der Waals surface area contributed by atoms with Gasteiger partial charge in [-0.05, 0) is 61.1 Å². The van der Waals surface area contributed by atoms with Crippen LogP contribution >= 0.6 is 23.2 Å². The fourth-order valence-electron chi connectivity index (χ4n) is 4.77. The van der Waals surface area contributed by atoms with E-state index in [0.29, 0.717) is 40.8 Å². The number of ketones is 1. The van der Waals surface area contributed by atoms with Crippen molar-refractivity contribution in [3.8, 4) is 0 Å². The van der Waals surface area contributed by atoms with Crippen molar-refractivity contribution < 1.29 is 14.3 Å². The van der Waals surface area contributed by atoms with Gasteiger partial charge in [0, 0.05) is 39.4 Å². The van der Waals surface area contributed by atoms with Gasteiger partial charge in [0.25, 0.3) is 0 Å². The third kappa shape index (κ3) is 5.07. The average Bonchev–Trinajstić information content (AvgIpc) is 2.79. The summed E-state index contributed by atoms with van der Waals surface area (Å²) in [5, 5.41) is 1.27. The van der Waals surface area contributed by atoms with Gasteiger partial charge >= 0.3 is 5.97 Å². The number of aliphatic imine (C=N–C) groups is 1. The van der Waals surface area contributed by atoms with Crippen molar-refractivity contribution in [2.24, 2.45) is 10.9 Å². The molecule has 0 amide bonds. The first-order chi connectivity index (χ1) is 15.9. The Balaban J connectivity index is 1.73. The Hall–Kier alpha value is -2.43. The molecule has 1 aliphatic carbocycles. The quantitative estimate of drug-likeness (QED) is 0.331. The predicted molar refractivity (Wildman–Crippen MR) is 132 cm³/mol. The van der Waals surface area contributed by atoms with Gasteiger partial charge in [0.2, 0.25) is 0 Å². The number of hydrogen-bond acceptors (Lipinski definition) is 4. The topological polar surface area (TPSA) is 55.7 Å². The van der Waals surface area contributed by atoms with Crippen LogP contribution in [0.25, 0.3) is 0 Å². The summed E-state index contributed by atoms with van der Waals surface area (Å²) in [6.45, 7) is 4.27. The molecule has 172 valence electrons. The molecule has 3 unspecified atom stereocenters.